The van der Waals surface area contributed by atoms with E-state index in [-0.39, 0.29) is 16.0 Å². The van der Waals surface area contributed by atoms with E-state index in [4.69, 9.17) is 0 Å². The van der Waals surface area contributed by atoms with Crippen LogP contribution in [0.15, 0.2) is 42.5 Å². The first-order valence-electron chi connectivity index (χ1n) is 6.34. The van der Waals surface area contributed by atoms with Crippen LogP contribution in [0.5, 0.6) is 0 Å². The summed E-state index contributed by atoms with van der Waals surface area (Å²) in [6.07, 6.45) is 0. The van der Waals surface area contributed by atoms with E-state index in [0.29, 0.717) is 0 Å². The van der Waals surface area contributed by atoms with Gasteiger partial charge in [0.2, 0.25) is 0 Å². The van der Waals surface area contributed by atoms with Gasteiger partial charge in [0.05, 0.1) is 9.92 Å². The van der Waals surface area contributed by atoms with Gasteiger partial charge in [-0.25, -0.2) is 0 Å². The minimum absolute atomic E-state index is 0.163. The van der Waals surface area contributed by atoms with Crippen LogP contribution in [0.2, 0.25) is 0 Å². The van der Waals surface area contributed by atoms with Crippen LogP contribution in [-0.4, -0.2) is 24.6 Å². The predicted octanol–water partition coefficient (Wildman–Crippen LogP) is 3.59. The normalized spacial score (nSPS) is 11.9. The van der Waals surface area contributed by atoms with E-state index in [2.05, 4.69) is 29.3 Å². The van der Waals surface area contributed by atoms with Crippen molar-refractivity contribution in [3.05, 3.63) is 52.6 Å². The zero-order chi connectivity index (χ0) is 14.5. The number of rotatable bonds is 6. The van der Waals surface area contributed by atoms with Gasteiger partial charge in [0.25, 0.3) is 0 Å². The topological polar surface area (TPSA) is 58.4 Å². The molecule has 0 aliphatic carbocycles. The van der Waals surface area contributed by atoms with Crippen molar-refractivity contribution in [2.24, 2.45) is 0 Å². The summed E-state index contributed by atoms with van der Waals surface area (Å²) in [5.41, 5.74) is 1.15. The smallest absolute Gasteiger partial charge is 0.326 e. The number of benzene rings is 1. The lowest BCUT2D eigenvalue weighted by atomic mass is 10.2. The molecule has 1 N–H and O–H groups in total. The van der Waals surface area contributed by atoms with Crippen LogP contribution < -0.4 is 10.2 Å². The molecule has 6 heteroatoms. The van der Waals surface area contributed by atoms with E-state index < -0.39 is 0 Å². The molecule has 0 aliphatic heterocycles. The fourth-order valence-corrected chi connectivity index (χ4v) is 2.55. The first-order chi connectivity index (χ1) is 9.58. The number of anilines is 2. The van der Waals surface area contributed by atoms with Crippen LogP contribution in [0, 0.1) is 10.1 Å². The largest absolute Gasteiger partial charge is 0.375 e. The first kappa shape index (κ1) is 14.3. The highest BCUT2D eigenvalue weighted by Gasteiger charge is 2.12. The maximum atomic E-state index is 10.6. The third-order valence-corrected chi connectivity index (χ3v) is 4.16. The summed E-state index contributed by atoms with van der Waals surface area (Å²) in [5, 5.41) is 14.9. The highest BCUT2D eigenvalue weighted by molar-refractivity contribution is 7.19. The Balaban J connectivity index is 1.91. The molecule has 0 amide bonds. The van der Waals surface area contributed by atoms with E-state index >= 15 is 0 Å². The number of para-hydroxylation sites is 1. The third kappa shape index (κ3) is 3.48. The van der Waals surface area contributed by atoms with E-state index in [1.807, 2.05) is 25.2 Å². The molecule has 106 valence electrons. The molecule has 2 rings (SSSR count). The number of hydrogen-bond acceptors (Lipinski definition) is 5. The third-order valence-electron chi connectivity index (χ3n) is 3.17. The second-order valence-electron chi connectivity index (χ2n) is 4.57. The summed E-state index contributed by atoms with van der Waals surface area (Å²) >= 11 is 1.16. The Labute approximate surface area is 122 Å². The fraction of sp³-hybridized carbons (Fsp3) is 0.286. The van der Waals surface area contributed by atoms with Crippen molar-refractivity contribution in [3.8, 4) is 0 Å². The van der Waals surface area contributed by atoms with Crippen LogP contribution >= 0.6 is 11.3 Å². The molecular weight excluding hydrogens is 274 g/mol. The molecule has 0 unspecified atom stereocenters. The molecule has 1 atom stereocenters. The molecule has 20 heavy (non-hydrogen) atoms. The van der Waals surface area contributed by atoms with E-state index in [0.717, 1.165) is 28.6 Å². The van der Waals surface area contributed by atoms with Gasteiger partial charge in [-0.05, 0) is 36.5 Å². The second kappa shape index (κ2) is 6.38. The standard InChI is InChI=1S/C14H17N3O2S/c1-11(16(2)12-6-4-3-5-7-12)10-15-13-8-9-14(20-13)17(18)19/h3-9,11,15H,10H2,1-2H3/t11-/m1/s1. The average molecular weight is 291 g/mol. The minimum Gasteiger partial charge on any atom is -0.375 e. The lowest BCUT2D eigenvalue weighted by Crippen LogP contribution is -2.34. The average Bonchev–Trinajstić information content (AvgIpc) is 2.94. The second-order valence-corrected chi connectivity index (χ2v) is 5.63. The molecule has 1 aromatic heterocycles. The Morgan fingerprint density at radius 1 is 1.30 bits per heavy atom. The molecule has 0 aliphatic rings. The zero-order valence-electron chi connectivity index (χ0n) is 11.4. The van der Waals surface area contributed by atoms with Crippen molar-refractivity contribution in [1.82, 2.24) is 0 Å². The van der Waals surface area contributed by atoms with E-state index in [9.17, 15) is 10.1 Å². The van der Waals surface area contributed by atoms with Crippen LogP contribution in [0.1, 0.15) is 6.92 Å². The Morgan fingerprint density at radius 2 is 2.00 bits per heavy atom. The summed E-state index contributed by atoms with van der Waals surface area (Å²) in [6.45, 7) is 2.84. The summed E-state index contributed by atoms with van der Waals surface area (Å²) in [6, 6.07) is 13.7. The highest BCUT2D eigenvalue weighted by Crippen LogP contribution is 2.28. The minimum atomic E-state index is -0.366. The zero-order valence-corrected chi connectivity index (χ0v) is 12.3. The van der Waals surface area contributed by atoms with Crippen LogP contribution in [0.3, 0.4) is 0 Å². The number of nitrogens with one attached hydrogen (secondary N) is 1. The number of likely N-dealkylation sites (N-methyl/N-ethyl adjacent to an activating group) is 1. The summed E-state index contributed by atoms with van der Waals surface area (Å²) in [4.78, 5) is 12.4. The fourth-order valence-electron chi connectivity index (χ4n) is 1.82. The Hall–Kier alpha value is -2.08. The van der Waals surface area contributed by atoms with Gasteiger partial charge in [-0.15, -0.1) is 0 Å². The van der Waals surface area contributed by atoms with E-state index in [1.54, 1.807) is 6.07 Å². The molecule has 0 fully saturated rings. The van der Waals surface area contributed by atoms with Gasteiger partial charge in [0.1, 0.15) is 0 Å². The van der Waals surface area contributed by atoms with Gasteiger partial charge < -0.3 is 10.2 Å². The van der Waals surface area contributed by atoms with Crippen LogP contribution in [-0.2, 0) is 0 Å². The molecule has 0 spiro atoms. The van der Waals surface area contributed by atoms with Crippen molar-refractivity contribution in [1.29, 1.82) is 0 Å². The van der Waals surface area contributed by atoms with Crippen molar-refractivity contribution in [3.63, 3.8) is 0 Å². The molecular formula is C14H17N3O2S. The summed E-state index contributed by atoms with van der Waals surface area (Å²) in [7, 11) is 2.04. The molecule has 0 saturated heterocycles. The van der Waals surface area contributed by atoms with Crippen molar-refractivity contribution in [2.75, 3.05) is 23.8 Å². The van der Waals surface area contributed by atoms with Crippen molar-refractivity contribution >= 4 is 27.0 Å². The molecule has 0 bridgehead atoms. The molecule has 2 aromatic rings. The van der Waals surface area contributed by atoms with E-state index in [1.165, 1.54) is 6.07 Å². The number of hydrogen-bond donors (Lipinski definition) is 1. The molecule has 1 aromatic carbocycles. The Bertz CT molecular complexity index is 571. The maximum Gasteiger partial charge on any atom is 0.326 e. The maximum absolute atomic E-state index is 10.6. The number of nitro groups is 1. The van der Waals surface area contributed by atoms with Crippen LogP contribution in [0.25, 0.3) is 0 Å². The number of thiophene rings is 1. The molecule has 0 saturated carbocycles. The lowest BCUT2D eigenvalue weighted by Gasteiger charge is -2.27. The Morgan fingerprint density at radius 3 is 2.60 bits per heavy atom. The number of nitrogens with zero attached hydrogens (tertiary/aromatic N) is 2. The lowest BCUT2D eigenvalue weighted by molar-refractivity contribution is -0.380. The van der Waals surface area contributed by atoms with Gasteiger partial charge in [-0.3, -0.25) is 10.1 Å². The molecule has 5 nitrogen and oxygen atoms in total. The van der Waals surface area contributed by atoms with Crippen LogP contribution in [0.4, 0.5) is 15.7 Å². The molecule has 1 heterocycles. The first-order valence-corrected chi connectivity index (χ1v) is 7.15. The Kier molecular flexibility index (Phi) is 4.57. The van der Waals surface area contributed by atoms with Gasteiger partial charge >= 0.3 is 5.00 Å². The van der Waals surface area contributed by atoms with Crippen molar-refractivity contribution in [2.45, 2.75) is 13.0 Å². The predicted molar refractivity (Wildman–Crippen MR) is 83.8 cm³/mol. The van der Waals surface area contributed by atoms with Gasteiger partial charge in [0, 0.05) is 31.4 Å². The van der Waals surface area contributed by atoms with Gasteiger partial charge in [-0.1, -0.05) is 18.2 Å². The monoisotopic (exact) mass is 291 g/mol. The summed E-state index contributed by atoms with van der Waals surface area (Å²) in [5.74, 6) is 0. The van der Waals surface area contributed by atoms with Crippen molar-refractivity contribution < 1.29 is 4.92 Å². The SMILES string of the molecule is C[C@H](CNc1ccc([N+](=O)[O-])s1)N(C)c1ccccc1. The van der Waals surface area contributed by atoms with Gasteiger partial charge in [0.15, 0.2) is 0 Å². The highest BCUT2D eigenvalue weighted by atomic mass is 32.1. The van der Waals surface area contributed by atoms with Gasteiger partial charge in [-0.2, -0.15) is 0 Å². The summed E-state index contributed by atoms with van der Waals surface area (Å²) < 4.78 is 0. The molecule has 0 radical (unpaired) electrons. The quantitative estimate of drug-likeness (QED) is 0.652.